The minimum absolute atomic E-state index is 0.0533. The average molecular weight is 351 g/mol. The van der Waals surface area contributed by atoms with Gasteiger partial charge in [0.1, 0.15) is 5.56 Å². The number of aromatic nitrogens is 2. The van der Waals surface area contributed by atoms with E-state index in [1.54, 1.807) is 11.6 Å². The molecule has 128 valence electrons. The minimum Gasteiger partial charge on any atom is -0.478 e. The van der Waals surface area contributed by atoms with Crippen LogP contribution in [0, 0.1) is 6.92 Å². The van der Waals surface area contributed by atoms with Crippen molar-refractivity contribution < 1.29 is 27.9 Å². The van der Waals surface area contributed by atoms with E-state index in [9.17, 15) is 22.8 Å². The number of halogens is 3. The Morgan fingerprint density at radius 1 is 1.39 bits per heavy atom. The summed E-state index contributed by atoms with van der Waals surface area (Å²) in [5, 5.41) is 13.1. The summed E-state index contributed by atoms with van der Waals surface area (Å²) in [6.45, 7) is 2.33. The largest absolute Gasteiger partial charge is 0.478 e. The van der Waals surface area contributed by atoms with Gasteiger partial charge in [-0.2, -0.15) is 18.3 Å². The number of thioether (sulfide) groups is 1. The number of nitrogens with zero attached hydrogens (tertiary/aromatic N) is 3. The molecule has 1 aromatic heterocycles. The lowest BCUT2D eigenvalue weighted by atomic mass is 10.0. The zero-order valence-electron chi connectivity index (χ0n) is 12.3. The lowest BCUT2D eigenvalue weighted by Crippen LogP contribution is -2.40. The number of carboxylic acid groups (broad SMARTS) is 1. The Kier molecular flexibility index (Phi) is 5.23. The Morgan fingerprint density at radius 2 is 2.00 bits per heavy atom. The molecule has 2 heterocycles. The Bertz CT molecular complexity index is 595. The quantitative estimate of drug-likeness (QED) is 0.901. The van der Waals surface area contributed by atoms with E-state index in [-0.39, 0.29) is 23.4 Å². The number of carbonyl (C=O) groups is 2. The van der Waals surface area contributed by atoms with Gasteiger partial charge in [0.25, 0.3) is 0 Å². The fourth-order valence-corrected chi connectivity index (χ4v) is 3.07. The maximum Gasteiger partial charge on any atom is 0.442 e. The zero-order chi connectivity index (χ0) is 17.2. The SMILES string of the molecule is Cc1c(C(=O)O)cnn1C1CCN(C(=O)CSC(F)(F)F)CC1. The van der Waals surface area contributed by atoms with E-state index in [2.05, 4.69) is 5.10 Å². The lowest BCUT2D eigenvalue weighted by molar-refractivity contribution is -0.129. The monoisotopic (exact) mass is 351 g/mol. The minimum atomic E-state index is -4.41. The fraction of sp³-hybridized carbons (Fsp3) is 0.615. The van der Waals surface area contributed by atoms with E-state index in [1.807, 2.05) is 0 Å². The summed E-state index contributed by atoms with van der Waals surface area (Å²) in [5.74, 6) is -2.20. The summed E-state index contributed by atoms with van der Waals surface area (Å²) < 4.78 is 38.0. The highest BCUT2D eigenvalue weighted by Crippen LogP contribution is 2.31. The molecule has 2 rings (SSSR count). The van der Waals surface area contributed by atoms with Crippen LogP contribution in [0.15, 0.2) is 6.20 Å². The number of hydrogen-bond acceptors (Lipinski definition) is 4. The van der Waals surface area contributed by atoms with Crippen LogP contribution < -0.4 is 0 Å². The molecular formula is C13H16F3N3O3S. The molecule has 10 heteroatoms. The maximum absolute atomic E-state index is 12.1. The second-order valence-electron chi connectivity index (χ2n) is 5.24. The van der Waals surface area contributed by atoms with E-state index >= 15 is 0 Å². The number of carboxylic acids is 1. The number of rotatable bonds is 4. The molecule has 23 heavy (non-hydrogen) atoms. The van der Waals surface area contributed by atoms with Crippen molar-refractivity contribution in [3.05, 3.63) is 17.5 Å². The first-order valence-electron chi connectivity index (χ1n) is 6.95. The Morgan fingerprint density at radius 3 is 2.48 bits per heavy atom. The highest BCUT2D eigenvalue weighted by molar-refractivity contribution is 8.00. The molecule has 0 saturated carbocycles. The van der Waals surface area contributed by atoms with Gasteiger partial charge in [-0.05, 0) is 31.5 Å². The zero-order valence-corrected chi connectivity index (χ0v) is 13.2. The Balaban J connectivity index is 1.91. The topological polar surface area (TPSA) is 75.4 Å². The van der Waals surface area contributed by atoms with Crippen LogP contribution in [0.4, 0.5) is 13.2 Å². The third-order valence-electron chi connectivity index (χ3n) is 3.80. The average Bonchev–Trinajstić information content (AvgIpc) is 2.86. The van der Waals surface area contributed by atoms with Gasteiger partial charge in [0, 0.05) is 13.1 Å². The molecule has 1 aliphatic heterocycles. The summed E-state index contributed by atoms with van der Waals surface area (Å²) in [6.07, 6.45) is 2.35. The molecular weight excluding hydrogens is 335 g/mol. The summed E-state index contributed by atoms with van der Waals surface area (Å²) in [4.78, 5) is 24.2. The van der Waals surface area contributed by atoms with E-state index in [1.165, 1.54) is 11.1 Å². The van der Waals surface area contributed by atoms with Crippen molar-refractivity contribution in [1.29, 1.82) is 0 Å². The van der Waals surface area contributed by atoms with Crippen molar-refractivity contribution in [2.75, 3.05) is 18.8 Å². The van der Waals surface area contributed by atoms with Crippen molar-refractivity contribution in [1.82, 2.24) is 14.7 Å². The summed E-state index contributed by atoms with van der Waals surface area (Å²) >= 11 is -0.333. The van der Waals surface area contributed by atoms with Crippen LogP contribution in [0.25, 0.3) is 0 Å². The molecule has 1 amide bonds. The predicted octanol–water partition coefficient (Wildman–Crippen LogP) is 2.31. The van der Waals surface area contributed by atoms with Crippen molar-refractivity contribution in [3.63, 3.8) is 0 Å². The molecule has 0 spiro atoms. The number of carbonyl (C=O) groups excluding carboxylic acids is 1. The van der Waals surface area contributed by atoms with Gasteiger partial charge in [0.2, 0.25) is 5.91 Å². The first-order valence-corrected chi connectivity index (χ1v) is 7.93. The highest BCUT2D eigenvalue weighted by Gasteiger charge is 2.32. The van der Waals surface area contributed by atoms with E-state index in [4.69, 9.17) is 5.11 Å². The van der Waals surface area contributed by atoms with Crippen molar-refractivity contribution in [2.24, 2.45) is 0 Å². The van der Waals surface area contributed by atoms with Crippen LogP contribution in [0.5, 0.6) is 0 Å². The molecule has 1 aromatic rings. The standard InChI is InChI=1S/C13H16F3N3O3S/c1-8-10(12(21)22)6-17-19(8)9-2-4-18(5-3-9)11(20)7-23-13(14,15)16/h6,9H,2-5,7H2,1H3,(H,21,22). The third kappa shape index (κ3) is 4.40. The van der Waals surface area contributed by atoms with Crippen LogP contribution >= 0.6 is 11.8 Å². The molecule has 1 fully saturated rings. The normalized spacial score (nSPS) is 16.6. The number of piperidine rings is 1. The maximum atomic E-state index is 12.1. The number of amides is 1. The van der Waals surface area contributed by atoms with Gasteiger partial charge in [-0.15, -0.1) is 0 Å². The highest BCUT2D eigenvalue weighted by atomic mass is 32.2. The van der Waals surface area contributed by atoms with Gasteiger partial charge in [-0.25, -0.2) is 4.79 Å². The molecule has 6 nitrogen and oxygen atoms in total. The van der Waals surface area contributed by atoms with Crippen LogP contribution in [0.2, 0.25) is 0 Å². The molecule has 0 bridgehead atoms. The van der Waals surface area contributed by atoms with Gasteiger partial charge < -0.3 is 10.0 Å². The Hall–Kier alpha value is -1.71. The predicted molar refractivity (Wildman–Crippen MR) is 77.3 cm³/mol. The van der Waals surface area contributed by atoms with Crippen LogP contribution in [-0.4, -0.2) is 56.0 Å². The van der Waals surface area contributed by atoms with Gasteiger partial charge >= 0.3 is 11.5 Å². The van der Waals surface area contributed by atoms with Crippen molar-refractivity contribution in [2.45, 2.75) is 31.3 Å². The van der Waals surface area contributed by atoms with Crippen molar-refractivity contribution >= 4 is 23.6 Å². The molecule has 0 unspecified atom stereocenters. The lowest BCUT2D eigenvalue weighted by Gasteiger charge is -2.32. The second-order valence-corrected chi connectivity index (χ2v) is 6.28. The number of likely N-dealkylation sites (tertiary alicyclic amines) is 1. The Labute approximate surface area is 134 Å². The van der Waals surface area contributed by atoms with E-state index in [0.717, 1.165) is 0 Å². The van der Waals surface area contributed by atoms with E-state index in [0.29, 0.717) is 31.6 Å². The molecule has 0 aromatic carbocycles. The second kappa shape index (κ2) is 6.81. The van der Waals surface area contributed by atoms with Gasteiger partial charge in [0.15, 0.2) is 0 Å². The fourth-order valence-electron chi connectivity index (χ4n) is 2.60. The number of aromatic carboxylic acids is 1. The van der Waals surface area contributed by atoms with Crippen LogP contribution in [0.3, 0.4) is 0 Å². The summed E-state index contributed by atoms with van der Waals surface area (Å²) in [7, 11) is 0. The number of hydrogen-bond donors (Lipinski definition) is 1. The summed E-state index contributed by atoms with van der Waals surface area (Å²) in [5.41, 5.74) is -3.74. The smallest absolute Gasteiger partial charge is 0.442 e. The first-order chi connectivity index (χ1) is 10.7. The first kappa shape index (κ1) is 17.6. The van der Waals surface area contributed by atoms with Gasteiger partial charge in [-0.3, -0.25) is 9.48 Å². The van der Waals surface area contributed by atoms with E-state index < -0.39 is 23.1 Å². The third-order valence-corrected chi connectivity index (χ3v) is 4.52. The molecule has 1 saturated heterocycles. The molecule has 1 aliphatic rings. The van der Waals surface area contributed by atoms with Crippen molar-refractivity contribution in [3.8, 4) is 0 Å². The van der Waals surface area contributed by atoms with Gasteiger partial charge in [0.05, 0.1) is 23.7 Å². The molecule has 0 radical (unpaired) electrons. The molecule has 0 atom stereocenters. The van der Waals surface area contributed by atoms with Crippen LogP contribution in [-0.2, 0) is 4.79 Å². The summed E-state index contributed by atoms with van der Waals surface area (Å²) in [6, 6.07) is -0.0533. The van der Waals surface area contributed by atoms with Gasteiger partial charge in [-0.1, -0.05) is 0 Å². The molecule has 1 N–H and O–H groups in total. The van der Waals surface area contributed by atoms with Crippen LogP contribution in [0.1, 0.15) is 34.9 Å². The number of alkyl halides is 3. The molecule has 0 aliphatic carbocycles.